The van der Waals surface area contributed by atoms with Crippen LogP contribution in [0.2, 0.25) is 0 Å². The van der Waals surface area contributed by atoms with Crippen LogP contribution in [0.1, 0.15) is 27.7 Å². The van der Waals surface area contributed by atoms with Gasteiger partial charge >= 0.3 is 0 Å². The third-order valence-electron chi connectivity index (χ3n) is 4.65. The summed E-state index contributed by atoms with van der Waals surface area (Å²) in [6, 6.07) is 4.34. The number of benzene rings is 1. The van der Waals surface area contributed by atoms with E-state index in [4.69, 9.17) is 4.74 Å². The number of carbonyl (C=O) groups is 2. The molecule has 1 aromatic rings. The molecule has 1 aliphatic heterocycles. The molecule has 0 spiro atoms. The number of sulfonamides is 2. The van der Waals surface area contributed by atoms with Crippen LogP contribution in [0, 0.1) is 0 Å². The number of anilines is 1. The van der Waals surface area contributed by atoms with Crippen molar-refractivity contribution in [2.24, 2.45) is 0 Å². The Balaban J connectivity index is 1.88. The highest BCUT2D eigenvalue weighted by Crippen LogP contribution is 2.15. The lowest BCUT2D eigenvalue weighted by atomic mass is 10.3. The molecule has 1 aliphatic rings. The molecule has 32 heavy (non-hydrogen) atoms. The first-order valence-electron chi connectivity index (χ1n) is 10.1. The monoisotopic (exact) mass is 490 g/mol. The maximum Gasteiger partial charge on any atom is 0.241 e. The molecule has 3 N–H and O–H groups in total. The first-order valence-corrected chi connectivity index (χ1v) is 13.2. The van der Waals surface area contributed by atoms with Crippen LogP contribution in [-0.4, -0.2) is 76.6 Å². The second-order valence-corrected chi connectivity index (χ2v) is 11.5. The van der Waals surface area contributed by atoms with Gasteiger partial charge in [0.1, 0.15) is 0 Å². The Morgan fingerprint density at radius 1 is 1.09 bits per heavy atom. The molecule has 0 saturated carbocycles. The van der Waals surface area contributed by atoms with Crippen LogP contribution in [0.5, 0.6) is 0 Å². The van der Waals surface area contributed by atoms with Crippen molar-refractivity contribution in [1.82, 2.24) is 14.3 Å². The fourth-order valence-electron chi connectivity index (χ4n) is 3.22. The first kappa shape index (κ1) is 26.2. The SMILES string of the molecule is CC(=O)Nc1ccc(S(=O)(=O)N[C@@H](C)C(=O)NCCS(=O)(=O)N2CC(C)OC(C)C2)cc1. The van der Waals surface area contributed by atoms with Gasteiger partial charge in [0.2, 0.25) is 31.9 Å². The molecule has 0 bridgehead atoms. The quantitative estimate of drug-likeness (QED) is 0.436. The number of carbonyl (C=O) groups excluding carboxylic acids is 2. The van der Waals surface area contributed by atoms with Crippen LogP contribution in [0.3, 0.4) is 0 Å². The van der Waals surface area contributed by atoms with E-state index in [1.54, 1.807) is 13.8 Å². The van der Waals surface area contributed by atoms with E-state index in [2.05, 4.69) is 15.4 Å². The number of nitrogens with zero attached hydrogens (tertiary/aromatic N) is 1. The fourth-order valence-corrected chi connectivity index (χ4v) is 5.91. The molecule has 1 saturated heterocycles. The van der Waals surface area contributed by atoms with E-state index in [1.807, 2.05) is 0 Å². The zero-order chi connectivity index (χ0) is 24.1. The van der Waals surface area contributed by atoms with Crippen LogP contribution < -0.4 is 15.4 Å². The maximum absolute atomic E-state index is 12.5. The third-order valence-corrected chi connectivity index (χ3v) is 8.01. The summed E-state index contributed by atoms with van der Waals surface area (Å²) in [7, 11) is -7.59. The molecule has 0 aliphatic carbocycles. The molecule has 0 aromatic heterocycles. The molecule has 180 valence electrons. The average Bonchev–Trinajstić information content (AvgIpc) is 2.66. The number of hydrogen-bond donors (Lipinski definition) is 3. The van der Waals surface area contributed by atoms with Gasteiger partial charge in [0, 0.05) is 32.2 Å². The van der Waals surface area contributed by atoms with E-state index in [9.17, 15) is 26.4 Å². The number of hydrogen-bond acceptors (Lipinski definition) is 7. The van der Waals surface area contributed by atoms with Gasteiger partial charge in [-0.25, -0.2) is 16.8 Å². The van der Waals surface area contributed by atoms with Gasteiger partial charge < -0.3 is 15.4 Å². The zero-order valence-electron chi connectivity index (χ0n) is 18.5. The standard InChI is InChI=1S/C19H30N4O7S2/c1-13-11-23(12-14(2)30-13)31(26,27)10-9-20-19(25)15(3)22-32(28,29)18-7-5-17(6-8-18)21-16(4)24/h5-8,13-15,22H,9-12H2,1-4H3,(H,20,25)(H,21,24)/t13?,14?,15-/m0/s1. The maximum atomic E-state index is 12.5. The van der Waals surface area contributed by atoms with Crippen LogP contribution in [0.4, 0.5) is 5.69 Å². The largest absolute Gasteiger partial charge is 0.373 e. The predicted octanol–water partition coefficient (Wildman–Crippen LogP) is -0.133. The first-order chi connectivity index (χ1) is 14.8. The molecular weight excluding hydrogens is 460 g/mol. The van der Waals surface area contributed by atoms with Gasteiger partial charge in [0.05, 0.1) is 28.9 Å². The van der Waals surface area contributed by atoms with Gasteiger partial charge in [0.25, 0.3) is 0 Å². The van der Waals surface area contributed by atoms with Gasteiger partial charge in [-0.1, -0.05) is 0 Å². The van der Waals surface area contributed by atoms with Crippen molar-refractivity contribution in [3.8, 4) is 0 Å². The lowest BCUT2D eigenvalue weighted by molar-refractivity contribution is -0.122. The highest BCUT2D eigenvalue weighted by molar-refractivity contribution is 7.89. The van der Waals surface area contributed by atoms with Crippen LogP contribution >= 0.6 is 0 Å². The second-order valence-electron chi connectivity index (χ2n) is 7.73. The average molecular weight is 491 g/mol. The molecule has 1 fully saturated rings. The van der Waals surface area contributed by atoms with E-state index in [-0.39, 0.29) is 48.4 Å². The van der Waals surface area contributed by atoms with Crippen molar-refractivity contribution in [1.29, 1.82) is 0 Å². The van der Waals surface area contributed by atoms with Gasteiger partial charge in [-0.05, 0) is 45.0 Å². The normalized spacial score (nSPS) is 21.0. The lowest BCUT2D eigenvalue weighted by Gasteiger charge is -2.34. The Bertz CT molecular complexity index is 1020. The molecule has 13 heteroatoms. The smallest absolute Gasteiger partial charge is 0.241 e. The Kier molecular flexibility index (Phi) is 8.76. The van der Waals surface area contributed by atoms with Crippen molar-refractivity contribution in [2.75, 3.05) is 30.7 Å². The predicted molar refractivity (Wildman–Crippen MR) is 119 cm³/mol. The van der Waals surface area contributed by atoms with E-state index in [0.29, 0.717) is 5.69 Å². The van der Waals surface area contributed by atoms with Crippen molar-refractivity contribution in [3.05, 3.63) is 24.3 Å². The molecule has 1 aromatic carbocycles. The minimum absolute atomic E-state index is 0.0793. The van der Waals surface area contributed by atoms with Gasteiger partial charge in [-0.3, -0.25) is 9.59 Å². The fraction of sp³-hybridized carbons (Fsp3) is 0.579. The summed E-state index contributed by atoms with van der Waals surface area (Å²) in [5, 5.41) is 4.98. The van der Waals surface area contributed by atoms with Crippen LogP contribution in [0.15, 0.2) is 29.2 Å². The van der Waals surface area contributed by atoms with E-state index in [1.165, 1.54) is 42.4 Å². The van der Waals surface area contributed by atoms with Crippen molar-refractivity contribution >= 4 is 37.5 Å². The highest BCUT2D eigenvalue weighted by atomic mass is 32.2. The molecule has 11 nitrogen and oxygen atoms in total. The molecule has 2 amide bonds. The van der Waals surface area contributed by atoms with Crippen molar-refractivity contribution in [3.63, 3.8) is 0 Å². The number of nitrogens with one attached hydrogen (secondary N) is 3. The van der Waals surface area contributed by atoms with Crippen molar-refractivity contribution in [2.45, 2.75) is 50.8 Å². The summed E-state index contributed by atoms with van der Waals surface area (Å²) in [4.78, 5) is 23.3. The summed E-state index contributed by atoms with van der Waals surface area (Å²) in [5.41, 5.74) is 0.438. The van der Waals surface area contributed by atoms with Gasteiger partial charge in [0.15, 0.2) is 0 Å². The summed E-state index contributed by atoms with van der Waals surface area (Å²) < 4.78 is 59.1. The third kappa shape index (κ3) is 7.52. The Morgan fingerprint density at radius 3 is 2.19 bits per heavy atom. The summed E-state index contributed by atoms with van der Waals surface area (Å²) >= 11 is 0. The molecule has 1 heterocycles. The minimum atomic E-state index is -4.00. The number of morpholine rings is 1. The molecular formula is C19H30N4O7S2. The summed E-state index contributed by atoms with van der Waals surface area (Å²) in [6.45, 7) is 6.62. The molecule has 2 unspecified atom stereocenters. The topological polar surface area (TPSA) is 151 Å². The summed E-state index contributed by atoms with van der Waals surface area (Å²) in [6.07, 6.45) is -0.435. The molecule has 3 atom stereocenters. The van der Waals surface area contributed by atoms with E-state index in [0.717, 1.165) is 0 Å². The zero-order valence-corrected chi connectivity index (χ0v) is 20.1. The number of ether oxygens (including phenoxy) is 1. The number of amides is 2. The Hall–Kier alpha value is -2.06. The lowest BCUT2D eigenvalue weighted by Crippen LogP contribution is -2.50. The van der Waals surface area contributed by atoms with Crippen molar-refractivity contribution < 1.29 is 31.2 Å². The molecule has 2 rings (SSSR count). The van der Waals surface area contributed by atoms with E-state index < -0.39 is 32.0 Å². The van der Waals surface area contributed by atoms with Crippen LogP contribution in [0.25, 0.3) is 0 Å². The number of rotatable bonds is 9. The minimum Gasteiger partial charge on any atom is -0.373 e. The second kappa shape index (κ2) is 10.7. The van der Waals surface area contributed by atoms with E-state index >= 15 is 0 Å². The van der Waals surface area contributed by atoms with Gasteiger partial charge in [-0.2, -0.15) is 9.03 Å². The highest BCUT2D eigenvalue weighted by Gasteiger charge is 2.31. The van der Waals surface area contributed by atoms with Gasteiger partial charge in [-0.15, -0.1) is 0 Å². The summed E-state index contributed by atoms with van der Waals surface area (Å²) in [5.74, 6) is -1.24. The molecule has 0 radical (unpaired) electrons. The van der Waals surface area contributed by atoms with Crippen LogP contribution in [-0.2, 0) is 34.4 Å². The Morgan fingerprint density at radius 2 is 1.66 bits per heavy atom. The Labute approximate surface area is 189 Å².